The maximum absolute atomic E-state index is 10.6. The van der Waals surface area contributed by atoms with Crippen LogP contribution in [0.4, 0.5) is 0 Å². The topological polar surface area (TPSA) is 46.9 Å². The Labute approximate surface area is 151 Å². The molecule has 2 N–H and O–H groups in total. The predicted molar refractivity (Wildman–Crippen MR) is 102 cm³/mol. The summed E-state index contributed by atoms with van der Waals surface area (Å²) in [5.41, 5.74) is 0. The van der Waals surface area contributed by atoms with E-state index < -0.39 is 6.10 Å². The predicted octanol–water partition coefficient (Wildman–Crippen LogP) is 2.73. The van der Waals surface area contributed by atoms with Crippen LogP contribution in [0, 0.1) is 0 Å². The normalized spacial score (nSPS) is 19.4. The molecule has 1 fully saturated rings. The van der Waals surface area contributed by atoms with Crippen LogP contribution < -0.4 is 0 Å². The highest BCUT2D eigenvalue weighted by atomic mass is 32.1. The van der Waals surface area contributed by atoms with Gasteiger partial charge in [0.05, 0.1) is 18.8 Å². The van der Waals surface area contributed by atoms with Crippen LogP contribution in [0.1, 0.15) is 49.3 Å². The third-order valence-corrected chi connectivity index (χ3v) is 6.21. The molecule has 2 unspecified atom stereocenters. The molecule has 5 heteroatoms. The Hall–Kier alpha value is -0.460. The van der Waals surface area contributed by atoms with Crippen LogP contribution >= 0.6 is 11.3 Å². The molecule has 2 rings (SSSR count). The quantitative estimate of drug-likeness (QED) is 0.716. The fourth-order valence-corrected chi connectivity index (χ4v) is 4.76. The van der Waals surface area contributed by atoms with Gasteiger partial charge in [-0.3, -0.25) is 9.80 Å². The lowest BCUT2D eigenvalue weighted by Gasteiger charge is -2.31. The summed E-state index contributed by atoms with van der Waals surface area (Å²) in [6.45, 7) is 9.32. The van der Waals surface area contributed by atoms with Crippen LogP contribution in [0.2, 0.25) is 0 Å². The van der Waals surface area contributed by atoms with Crippen LogP contribution in [0.25, 0.3) is 0 Å². The van der Waals surface area contributed by atoms with E-state index >= 15 is 0 Å². The Bertz CT molecular complexity index is 454. The Kier molecular flexibility index (Phi) is 8.70. The van der Waals surface area contributed by atoms with Crippen molar-refractivity contribution in [2.45, 2.75) is 64.6 Å². The van der Waals surface area contributed by atoms with E-state index in [4.69, 9.17) is 0 Å². The van der Waals surface area contributed by atoms with Crippen LogP contribution in [-0.2, 0) is 13.0 Å². The first kappa shape index (κ1) is 19.9. The van der Waals surface area contributed by atoms with Gasteiger partial charge in [-0.25, -0.2) is 0 Å². The zero-order chi connectivity index (χ0) is 17.4. The monoisotopic (exact) mass is 354 g/mol. The van der Waals surface area contributed by atoms with Crippen molar-refractivity contribution < 1.29 is 10.2 Å². The largest absolute Gasteiger partial charge is 0.395 e. The minimum absolute atomic E-state index is 0.00879. The smallest absolute Gasteiger partial charge is 0.0765 e. The average molecular weight is 355 g/mol. The molecule has 0 saturated carbocycles. The van der Waals surface area contributed by atoms with Crippen molar-refractivity contribution in [1.29, 1.82) is 0 Å². The minimum Gasteiger partial charge on any atom is -0.395 e. The molecule has 0 radical (unpaired) electrons. The zero-order valence-electron chi connectivity index (χ0n) is 15.3. The minimum atomic E-state index is -0.514. The van der Waals surface area contributed by atoms with Gasteiger partial charge < -0.3 is 10.2 Å². The molecule has 24 heavy (non-hydrogen) atoms. The molecule has 0 aliphatic carbocycles. The highest BCUT2D eigenvalue weighted by Crippen LogP contribution is 2.22. The van der Waals surface area contributed by atoms with Crippen molar-refractivity contribution in [1.82, 2.24) is 9.80 Å². The lowest BCUT2D eigenvalue weighted by atomic mass is 10.1. The molecule has 2 atom stereocenters. The van der Waals surface area contributed by atoms with Crippen molar-refractivity contribution >= 4 is 11.3 Å². The summed E-state index contributed by atoms with van der Waals surface area (Å²) in [6, 6.07) is 4.19. The fraction of sp³-hybridized carbons (Fsp3) is 0.789. The van der Waals surface area contributed by atoms with Crippen LogP contribution in [0.3, 0.4) is 0 Å². The molecule has 1 aromatic heterocycles. The number of hydrogen-bond acceptors (Lipinski definition) is 5. The van der Waals surface area contributed by atoms with Gasteiger partial charge >= 0.3 is 0 Å². The zero-order valence-corrected chi connectivity index (χ0v) is 16.1. The van der Waals surface area contributed by atoms with Crippen LogP contribution in [-0.4, -0.2) is 64.9 Å². The summed E-state index contributed by atoms with van der Waals surface area (Å²) < 4.78 is 0. The Morgan fingerprint density at radius 2 is 1.71 bits per heavy atom. The molecule has 1 aliphatic rings. The van der Waals surface area contributed by atoms with Gasteiger partial charge in [-0.15, -0.1) is 11.3 Å². The van der Waals surface area contributed by atoms with Crippen molar-refractivity contribution in [2.24, 2.45) is 0 Å². The summed E-state index contributed by atoms with van der Waals surface area (Å²) in [7, 11) is 0. The molecular weight excluding hydrogens is 320 g/mol. The summed E-state index contributed by atoms with van der Waals surface area (Å²) in [5.74, 6) is 0. The van der Waals surface area contributed by atoms with Crippen molar-refractivity contribution in [2.75, 3.05) is 32.8 Å². The van der Waals surface area contributed by atoms with Gasteiger partial charge in [0.15, 0.2) is 0 Å². The first-order valence-electron chi connectivity index (χ1n) is 9.50. The lowest BCUT2D eigenvalue weighted by molar-refractivity contribution is 0.0213. The van der Waals surface area contributed by atoms with Gasteiger partial charge in [-0.05, 0) is 51.2 Å². The van der Waals surface area contributed by atoms with Crippen molar-refractivity contribution in [3.8, 4) is 0 Å². The van der Waals surface area contributed by atoms with Crippen LogP contribution in [0.15, 0.2) is 12.1 Å². The van der Waals surface area contributed by atoms with Gasteiger partial charge in [0.2, 0.25) is 0 Å². The van der Waals surface area contributed by atoms with Crippen molar-refractivity contribution in [3.05, 3.63) is 21.9 Å². The summed E-state index contributed by atoms with van der Waals surface area (Å²) in [6.07, 6.45) is 5.49. The van der Waals surface area contributed by atoms with E-state index in [0.29, 0.717) is 6.42 Å². The summed E-state index contributed by atoms with van der Waals surface area (Å²) in [5, 5.41) is 20.2. The lowest BCUT2D eigenvalue weighted by Crippen LogP contribution is -2.46. The SMILES string of the molecule is CCN(CC)C(CO)C(O)Cc1ccc(CN2CCCCCC2)s1. The summed E-state index contributed by atoms with van der Waals surface area (Å²) in [4.78, 5) is 7.31. The van der Waals surface area contributed by atoms with Crippen LogP contribution in [0.5, 0.6) is 0 Å². The highest BCUT2D eigenvalue weighted by Gasteiger charge is 2.24. The van der Waals surface area contributed by atoms with Gasteiger partial charge in [0.25, 0.3) is 0 Å². The third-order valence-electron chi connectivity index (χ3n) is 5.12. The molecule has 4 nitrogen and oxygen atoms in total. The molecule has 0 bridgehead atoms. The molecule has 1 saturated heterocycles. The van der Waals surface area contributed by atoms with E-state index in [-0.39, 0.29) is 12.6 Å². The molecular formula is C19H34N2O2S. The summed E-state index contributed by atoms with van der Waals surface area (Å²) >= 11 is 1.81. The second-order valence-corrected chi connectivity index (χ2v) is 8.05. The number of likely N-dealkylation sites (tertiary alicyclic amines) is 1. The molecule has 1 aliphatic heterocycles. The number of thiophene rings is 1. The Morgan fingerprint density at radius 3 is 2.29 bits per heavy atom. The third kappa shape index (κ3) is 5.81. The van der Waals surface area contributed by atoms with E-state index in [2.05, 4.69) is 35.8 Å². The molecule has 0 spiro atoms. The van der Waals surface area contributed by atoms with E-state index in [9.17, 15) is 10.2 Å². The van der Waals surface area contributed by atoms with Gasteiger partial charge in [0, 0.05) is 22.7 Å². The van der Waals surface area contributed by atoms with E-state index in [1.165, 1.54) is 48.5 Å². The van der Waals surface area contributed by atoms with Gasteiger partial charge in [-0.2, -0.15) is 0 Å². The number of aliphatic hydroxyl groups is 2. The maximum atomic E-state index is 10.6. The Morgan fingerprint density at radius 1 is 1.08 bits per heavy atom. The molecule has 138 valence electrons. The standard InChI is InChI=1S/C19H34N2O2S/c1-3-21(4-2)18(15-22)19(23)13-16-9-10-17(24-16)14-20-11-7-5-6-8-12-20/h9-10,18-19,22-23H,3-8,11-15H2,1-2H3. The molecule has 0 aromatic carbocycles. The second-order valence-electron chi connectivity index (χ2n) is 6.80. The highest BCUT2D eigenvalue weighted by molar-refractivity contribution is 7.11. The van der Waals surface area contributed by atoms with Gasteiger partial charge in [-0.1, -0.05) is 26.7 Å². The number of aliphatic hydroxyl groups excluding tert-OH is 2. The molecule has 2 heterocycles. The first-order valence-corrected chi connectivity index (χ1v) is 10.3. The van der Waals surface area contributed by atoms with Crippen molar-refractivity contribution in [3.63, 3.8) is 0 Å². The Balaban J connectivity index is 1.89. The average Bonchev–Trinajstić information content (AvgIpc) is 2.85. The number of nitrogens with zero attached hydrogens (tertiary/aromatic N) is 2. The van der Waals surface area contributed by atoms with Gasteiger partial charge in [0.1, 0.15) is 0 Å². The number of hydrogen-bond donors (Lipinski definition) is 2. The van der Waals surface area contributed by atoms with E-state index in [0.717, 1.165) is 19.6 Å². The number of rotatable bonds is 9. The number of likely N-dealkylation sites (N-methyl/N-ethyl adjacent to an activating group) is 1. The fourth-order valence-electron chi connectivity index (χ4n) is 3.65. The molecule has 1 aromatic rings. The second kappa shape index (κ2) is 10.5. The first-order chi connectivity index (χ1) is 11.7. The van der Waals surface area contributed by atoms with E-state index in [1.807, 2.05) is 11.3 Å². The van der Waals surface area contributed by atoms with E-state index in [1.54, 1.807) is 0 Å². The molecule has 0 amide bonds. The maximum Gasteiger partial charge on any atom is 0.0765 e.